The third-order valence-electron chi connectivity index (χ3n) is 7.44. The molecule has 5 atom stereocenters. The first-order chi connectivity index (χ1) is 14.6. The van der Waals surface area contributed by atoms with Crippen molar-refractivity contribution in [2.24, 2.45) is 11.8 Å². The molecule has 30 heavy (non-hydrogen) atoms. The largest absolute Gasteiger partial charge is 0.497 e. The molecule has 1 spiro atoms. The topological polar surface area (TPSA) is 80.2 Å². The fourth-order valence-electron chi connectivity index (χ4n) is 6.42. The van der Waals surface area contributed by atoms with E-state index in [0.717, 1.165) is 35.5 Å². The molecule has 2 N–H and O–H groups in total. The number of carbonyl (C=O) groups excluding carboxylic acids is 3. The quantitative estimate of drug-likeness (QED) is 0.723. The number of anilines is 2. The second-order valence-corrected chi connectivity index (χ2v) is 8.55. The van der Waals surface area contributed by atoms with Crippen molar-refractivity contribution in [1.29, 1.82) is 0 Å². The minimum atomic E-state index is -1.04. The Balaban J connectivity index is 1.54. The van der Waals surface area contributed by atoms with Crippen LogP contribution in [0.2, 0.25) is 0 Å². The molecular weight excluding hydrogens is 382 g/mol. The van der Waals surface area contributed by atoms with Crippen LogP contribution in [0.25, 0.3) is 0 Å². The number of hydrogen-bond acceptors (Lipinski definition) is 4. The normalized spacial score (nSPS) is 33.6. The number of carbonyl (C=O) groups is 3. The number of para-hydroxylation sites is 1. The molecule has 0 radical (unpaired) electrons. The predicted octanol–water partition coefficient (Wildman–Crippen LogP) is 0.709. The van der Waals surface area contributed by atoms with Crippen LogP contribution < -0.4 is 19.9 Å². The Hall–Kier alpha value is -3.19. The Bertz CT molecular complexity index is 1120. The Morgan fingerprint density at radius 2 is 1.93 bits per heavy atom. The van der Waals surface area contributed by atoms with E-state index >= 15 is 0 Å². The highest BCUT2D eigenvalue weighted by molar-refractivity contribution is 6.25. The van der Waals surface area contributed by atoms with Gasteiger partial charge in [0.25, 0.3) is 5.91 Å². The van der Waals surface area contributed by atoms with E-state index in [0.29, 0.717) is 11.4 Å². The van der Waals surface area contributed by atoms with Gasteiger partial charge in [-0.3, -0.25) is 14.4 Å². The lowest BCUT2D eigenvalue weighted by molar-refractivity contribution is -0.948. The molecule has 2 aromatic carbocycles. The summed E-state index contributed by atoms with van der Waals surface area (Å²) in [5.41, 5.74) is 1.06. The van der Waals surface area contributed by atoms with E-state index in [-0.39, 0.29) is 23.8 Å². The summed E-state index contributed by atoms with van der Waals surface area (Å²) < 4.78 is 5.29. The highest BCUT2D eigenvalue weighted by atomic mass is 16.5. The third kappa shape index (κ3) is 1.91. The summed E-state index contributed by atoms with van der Waals surface area (Å²) in [4.78, 5) is 43.3. The smallest absolute Gasteiger partial charge is 0.291 e. The lowest BCUT2D eigenvalue weighted by Gasteiger charge is -2.33. The fourth-order valence-corrected chi connectivity index (χ4v) is 6.42. The van der Waals surface area contributed by atoms with Gasteiger partial charge in [0.05, 0.1) is 25.0 Å². The molecule has 0 saturated carbocycles. The second kappa shape index (κ2) is 5.92. The predicted molar refractivity (Wildman–Crippen MR) is 108 cm³/mol. The highest BCUT2D eigenvalue weighted by Gasteiger charge is 2.78. The molecule has 0 bridgehead atoms. The monoisotopic (exact) mass is 404 g/mol. The molecule has 3 amide bonds. The van der Waals surface area contributed by atoms with E-state index in [1.807, 2.05) is 24.3 Å². The van der Waals surface area contributed by atoms with Crippen molar-refractivity contribution < 1.29 is 24.0 Å². The molecule has 2 aromatic rings. The van der Waals surface area contributed by atoms with Gasteiger partial charge in [0, 0.05) is 24.5 Å². The zero-order chi connectivity index (χ0) is 20.6. The number of hydrogen-bond donors (Lipinski definition) is 2. The number of amides is 3. The van der Waals surface area contributed by atoms with Crippen LogP contribution in [0.4, 0.5) is 11.4 Å². The number of ether oxygens (including phenoxy) is 1. The summed E-state index contributed by atoms with van der Waals surface area (Å²) in [5.74, 6) is -1.24. The number of rotatable bonds is 2. The van der Waals surface area contributed by atoms with E-state index in [2.05, 4.69) is 5.32 Å². The molecule has 4 aliphatic heterocycles. The first kappa shape index (κ1) is 17.7. The third-order valence-corrected chi connectivity index (χ3v) is 7.44. The summed E-state index contributed by atoms with van der Waals surface area (Å²) >= 11 is 0. The first-order valence-corrected chi connectivity index (χ1v) is 10.4. The zero-order valence-electron chi connectivity index (χ0n) is 16.6. The van der Waals surface area contributed by atoms with Crippen molar-refractivity contribution in [2.75, 3.05) is 23.9 Å². The molecule has 7 heteroatoms. The van der Waals surface area contributed by atoms with Crippen LogP contribution in [0.3, 0.4) is 0 Å². The maximum Gasteiger partial charge on any atom is 0.291 e. The van der Waals surface area contributed by atoms with Gasteiger partial charge >= 0.3 is 0 Å². The number of fused-ring (bicyclic) bond motifs is 7. The molecule has 4 heterocycles. The van der Waals surface area contributed by atoms with E-state index < -0.39 is 17.4 Å². The van der Waals surface area contributed by atoms with Crippen molar-refractivity contribution in [3.05, 3.63) is 54.1 Å². The first-order valence-electron chi connectivity index (χ1n) is 10.4. The number of benzene rings is 2. The molecule has 6 rings (SSSR count). The van der Waals surface area contributed by atoms with Gasteiger partial charge in [-0.15, -0.1) is 0 Å². The van der Waals surface area contributed by atoms with E-state index in [4.69, 9.17) is 4.74 Å². The lowest BCUT2D eigenvalue weighted by atomic mass is 9.75. The SMILES string of the molecule is COc1cccc(N2C(=O)[C@@H]3[C@H]4CCC[NH+]4[C@@]4(C(=O)Nc5ccccc54)[C@@H]3C2=O)c1. The van der Waals surface area contributed by atoms with Crippen molar-refractivity contribution in [1.82, 2.24) is 0 Å². The number of quaternary nitrogens is 1. The van der Waals surface area contributed by atoms with Crippen molar-refractivity contribution in [3.63, 3.8) is 0 Å². The maximum atomic E-state index is 13.8. The summed E-state index contributed by atoms with van der Waals surface area (Å²) in [5, 5.41) is 3.00. The molecule has 0 aromatic heterocycles. The molecular formula is C23H22N3O4+. The van der Waals surface area contributed by atoms with Gasteiger partial charge < -0.3 is 15.0 Å². The van der Waals surface area contributed by atoms with Crippen LogP contribution >= 0.6 is 0 Å². The van der Waals surface area contributed by atoms with E-state index in [1.54, 1.807) is 31.4 Å². The van der Waals surface area contributed by atoms with Crippen LogP contribution in [0.15, 0.2) is 48.5 Å². The molecule has 152 valence electrons. The minimum absolute atomic E-state index is 0.0287. The van der Waals surface area contributed by atoms with Gasteiger partial charge in [0.1, 0.15) is 23.6 Å². The van der Waals surface area contributed by atoms with Gasteiger partial charge in [0.2, 0.25) is 17.4 Å². The van der Waals surface area contributed by atoms with Gasteiger partial charge in [-0.2, -0.15) is 0 Å². The Labute approximate surface area is 173 Å². The number of nitrogens with zero attached hydrogens (tertiary/aromatic N) is 1. The number of imide groups is 1. The standard InChI is InChI=1S/C23H21N3O4/c1-30-14-7-4-6-13(12-14)26-20(27)18-17-10-5-11-25(17)23(19(18)21(26)28)15-8-2-3-9-16(15)24-22(23)29/h2-4,6-9,12,17-19H,5,10-11H2,1H3,(H,24,29)/p+1/t17-,18-,19+,23-/m1/s1. The fraction of sp³-hybridized carbons (Fsp3) is 0.348. The van der Waals surface area contributed by atoms with Gasteiger partial charge in [0.15, 0.2) is 0 Å². The van der Waals surface area contributed by atoms with Crippen molar-refractivity contribution >= 4 is 29.1 Å². The number of methoxy groups -OCH3 is 1. The molecule has 7 nitrogen and oxygen atoms in total. The molecule has 3 saturated heterocycles. The van der Waals surface area contributed by atoms with Gasteiger partial charge in [-0.05, 0) is 18.2 Å². The van der Waals surface area contributed by atoms with Gasteiger partial charge in [-0.1, -0.05) is 24.3 Å². The van der Waals surface area contributed by atoms with Crippen LogP contribution in [0.1, 0.15) is 18.4 Å². The summed E-state index contributed by atoms with van der Waals surface area (Å²) in [6.45, 7) is 0.791. The Morgan fingerprint density at radius 3 is 2.77 bits per heavy atom. The Morgan fingerprint density at radius 1 is 1.10 bits per heavy atom. The summed E-state index contributed by atoms with van der Waals surface area (Å²) in [6, 6.07) is 14.6. The van der Waals surface area contributed by atoms with Crippen LogP contribution in [-0.4, -0.2) is 37.4 Å². The minimum Gasteiger partial charge on any atom is -0.497 e. The molecule has 4 aliphatic rings. The average molecular weight is 404 g/mol. The van der Waals surface area contributed by atoms with Crippen LogP contribution in [-0.2, 0) is 19.9 Å². The van der Waals surface area contributed by atoms with E-state index in [9.17, 15) is 14.4 Å². The number of nitrogens with one attached hydrogen (secondary N) is 2. The molecule has 1 unspecified atom stereocenters. The highest BCUT2D eigenvalue weighted by Crippen LogP contribution is 2.52. The maximum absolute atomic E-state index is 13.8. The van der Waals surface area contributed by atoms with Crippen LogP contribution in [0, 0.1) is 11.8 Å². The molecule has 0 aliphatic carbocycles. The lowest BCUT2D eigenvalue weighted by Crippen LogP contribution is -3.19. The van der Waals surface area contributed by atoms with Crippen molar-refractivity contribution in [3.8, 4) is 5.75 Å². The molecule has 3 fully saturated rings. The summed E-state index contributed by atoms with van der Waals surface area (Å²) in [6.07, 6.45) is 1.79. The summed E-state index contributed by atoms with van der Waals surface area (Å²) in [7, 11) is 1.55. The zero-order valence-corrected chi connectivity index (χ0v) is 16.6. The van der Waals surface area contributed by atoms with Crippen LogP contribution in [0.5, 0.6) is 5.75 Å². The van der Waals surface area contributed by atoms with Crippen molar-refractivity contribution in [2.45, 2.75) is 24.4 Å². The van der Waals surface area contributed by atoms with E-state index in [1.165, 1.54) is 4.90 Å². The second-order valence-electron chi connectivity index (χ2n) is 8.55. The Kier molecular flexibility index (Phi) is 3.48. The van der Waals surface area contributed by atoms with Gasteiger partial charge in [-0.25, -0.2) is 4.90 Å². The average Bonchev–Trinajstić information content (AvgIpc) is 3.46.